The monoisotopic (exact) mass is 344 g/mol. The van der Waals surface area contributed by atoms with Crippen molar-refractivity contribution in [2.45, 2.75) is 25.5 Å². The van der Waals surface area contributed by atoms with Crippen molar-refractivity contribution in [3.63, 3.8) is 0 Å². The predicted octanol–water partition coefficient (Wildman–Crippen LogP) is 3.64. The molecule has 0 radical (unpaired) electrons. The van der Waals surface area contributed by atoms with Crippen LogP contribution in [0.3, 0.4) is 0 Å². The van der Waals surface area contributed by atoms with Crippen molar-refractivity contribution in [1.29, 1.82) is 0 Å². The number of nitrogens with zero attached hydrogens (tertiary/aromatic N) is 3. The molecule has 0 bridgehead atoms. The number of nitrogens with one attached hydrogen (secondary N) is 1. The van der Waals surface area contributed by atoms with Crippen LogP contribution in [0, 0.1) is 6.92 Å². The first-order chi connectivity index (χ1) is 10.0. The molecule has 0 unspecified atom stereocenters. The van der Waals surface area contributed by atoms with Gasteiger partial charge in [-0.2, -0.15) is 0 Å². The molecule has 112 valence electrons. The molecule has 0 saturated heterocycles. The van der Waals surface area contributed by atoms with Crippen molar-refractivity contribution < 1.29 is 4.79 Å². The summed E-state index contributed by atoms with van der Waals surface area (Å²) in [5.74, 6) is 0.881. The van der Waals surface area contributed by atoms with Gasteiger partial charge in [0.1, 0.15) is 5.82 Å². The Bertz CT molecular complexity index is 660. The van der Waals surface area contributed by atoms with Crippen LogP contribution in [-0.4, -0.2) is 26.4 Å². The van der Waals surface area contributed by atoms with Crippen LogP contribution in [0.25, 0.3) is 0 Å². The zero-order valence-corrected chi connectivity index (χ0v) is 13.9. The Balaban J connectivity index is 1.97. The molecule has 1 N–H and O–H groups in total. The van der Waals surface area contributed by atoms with Crippen LogP contribution >= 0.6 is 35.0 Å². The first-order valence-corrected chi connectivity index (χ1v) is 8.03. The Kier molecular flexibility index (Phi) is 5.50. The third kappa shape index (κ3) is 4.12. The van der Waals surface area contributed by atoms with Gasteiger partial charge in [0, 0.05) is 11.6 Å². The van der Waals surface area contributed by atoms with Crippen LogP contribution in [0.4, 0.5) is 5.69 Å². The van der Waals surface area contributed by atoms with Crippen LogP contribution in [0.1, 0.15) is 12.7 Å². The van der Waals surface area contributed by atoms with Crippen LogP contribution in [0.5, 0.6) is 0 Å². The van der Waals surface area contributed by atoms with E-state index in [0.29, 0.717) is 15.7 Å². The van der Waals surface area contributed by atoms with Gasteiger partial charge in [0.25, 0.3) is 0 Å². The number of thioether (sulfide) groups is 1. The molecule has 2 aromatic rings. The lowest BCUT2D eigenvalue weighted by Gasteiger charge is -2.08. The number of aromatic nitrogens is 3. The van der Waals surface area contributed by atoms with Crippen molar-refractivity contribution in [1.82, 2.24) is 14.8 Å². The van der Waals surface area contributed by atoms with Gasteiger partial charge in [0.2, 0.25) is 5.91 Å². The van der Waals surface area contributed by atoms with Gasteiger partial charge >= 0.3 is 0 Å². The Morgan fingerprint density at radius 1 is 1.38 bits per heavy atom. The standard InChI is InChI=1S/C13H14Cl2N4OS/c1-3-19-8(2)17-18-13(19)21-7-12(20)16-11-6-9(14)4-5-10(11)15/h4-6H,3,7H2,1-2H3,(H,16,20). The van der Waals surface area contributed by atoms with Gasteiger partial charge < -0.3 is 9.88 Å². The molecular formula is C13H14Cl2N4OS. The molecule has 1 heterocycles. The van der Waals surface area contributed by atoms with Gasteiger partial charge in [-0.05, 0) is 32.0 Å². The molecule has 0 aliphatic carbocycles. The fourth-order valence-corrected chi connectivity index (χ4v) is 2.93. The van der Waals surface area contributed by atoms with Gasteiger partial charge in [-0.15, -0.1) is 10.2 Å². The molecule has 1 aromatic heterocycles. The van der Waals surface area contributed by atoms with Crippen LogP contribution in [0.15, 0.2) is 23.4 Å². The highest BCUT2D eigenvalue weighted by atomic mass is 35.5. The molecule has 8 heteroatoms. The van der Waals surface area contributed by atoms with E-state index in [1.165, 1.54) is 11.8 Å². The van der Waals surface area contributed by atoms with E-state index in [-0.39, 0.29) is 11.7 Å². The molecule has 0 aliphatic heterocycles. The molecule has 0 fully saturated rings. The normalized spacial score (nSPS) is 10.7. The molecular weight excluding hydrogens is 331 g/mol. The van der Waals surface area contributed by atoms with Crippen molar-refractivity contribution in [3.8, 4) is 0 Å². The van der Waals surface area contributed by atoms with E-state index < -0.39 is 0 Å². The highest BCUT2D eigenvalue weighted by molar-refractivity contribution is 7.99. The number of carbonyl (C=O) groups is 1. The lowest BCUT2D eigenvalue weighted by atomic mass is 10.3. The van der Waals surface area contributed by atoms with Crippen molar-refractivity contribution in [2.24, 2.45) is 0 Å². The van der Waals surface area contributed by atoms with E-state index in [0.717, 1.165) is 17.5 Å². The summed E-state index contributed by atoms with van der Waals surface area (Å²) in [6.45, 7) is 4.65. The van der Waals surface area contributed by atoms with E-state index in [9.17, 15) is 4.79 Å². The molecule has 1 amide bonds. The molecule has 0 spiro atoms. The van der Waals surface area contributed by atoms with Crippen LogP contribution < -0.4 is 5.32 Å². The van der Waals surface area contributed by atoms with Crippen LogP contribution in [0.2, 0.25) is 10.0 Å². The van der Waals surface area contributed by atoms with E-state index >= 15 is 0 Å². The highest BCUT2D eigenvalue weighted by Crippen LogP contribution is 2.26. The number of aryl methyl sites for hydroxylation is 1. The maximum atomic E-state index is 12.0. The Morgan fingerprint density at radius 2 is 2.14 bits per heavy atom. The minimum atomic E-state index is -0.174. The molecule has 0 atom stereocenters. The Labute approximate surface area is 137 Å². The second-order valence-corrected chi connectivity index (χ2v) is 6.02. The Morgan fingerprint density at radius 3 is 2.86 bits per heavy atom. The summed E-state index contributed by atoms with van der Waals surface area (Å²) in [5, 5.41) is 12.5. The Hall–Kier alpha value is -1.24. The van der Waals surface area contributed by atoms with E-state index in [1.807, 2.05) is 18.4 Å². The number of anilines is 1. The first kappa shape index (κ1) is 16.1. The molecule has 5 nitrogen and oxygen atoms in total. The zero-order valence-electron chi connectivity index (χ0n) is 11.6. The van der Waals surface area contributed by atoms with Gasteiger partial charge in [0.15, 0.2) is 5.16 Å². The van der Waals surface area contributed by atoms with Gasteiger partial charge in [-0.3, -0.25) is 4.79 Å². The number of halogens is 2. The summed E-state index contributed by atoms with van der Waals surface area (Å²) in [5.41, 5.74) is 0.503. The van der Waals surface area contributed by atoms with Gasteiger partial charge in [-0.1, -0.05) is 35.0 Å². The van der Waals surface area contributed by atoms with E-state index in [4.69, 9.17) is 23.2 Å². The third-order valence-electron chi connectivity index (χ3n) is 2.75. The maximum absolute atomic E-state index is 12.0. The predicted molar refractivity (Wildman–Crippen MR) is 86.2 cm³/mol. The van der Waals surface area contributed by atoms with Crippen molar-refractivity contribution >= 4 is 46.6 Å². The lowest BCUT2D eigenvalue weighted by molar-refractivity contribution is -0.113. The molecule has 0 aliphatic rings. The van der Waals surface area contributed by atoms with Crippen molar-refractivity contribution in [3.05, 3.63) is 34.1 Å². The average molecular weight is 345 g/mol. The van der Waals surface area contributed by atoms with Crippen LogP contribution in [-0.2, 0) is 11.3 Å². The number of amides is 1. The number of hydrogen-bond donors (Lipinski definition) is 1. The number of carbonyl (C=O) groups excluding carboxylic acids is 1. The van der Waals surface area contributed by atoms with E-state index in [1.54, 1.807) is 18.2 Å². The smallest absolute Gasteiger partial charge is 0.234 e. The lowest BCUT2D eigenvalue weighted by Crippen LogP contribution is -2.15. The summed E-state index contributed by atoms with van der Waals surface area (Å²) < 4.78 is 1.95. The minimum absolute atomic E-state index is 0.174. The van der Waals surface area contributed by atoms with Crippen molar-refractivity contribution in [2.75, 3.05) is 11.1 Å². The summed E-state index contributed by atoms with van der Waals surface area (Å²) in [6.07, 6.45) is 0. The number of hydrogen-bond acceptors (Lipinski definition) is 4. The summed E-state index contributed by atoms with van der Waals surface area (Å²) >= 11 is 13.2. The molecule has 2 rings (SSSR count). The van der Waals surface area contributed by atoms with E-state index in [2.05, 4.69) is 15.5 Å². The average Bonchev–Trinajstić information content (AvgIpc) is 2.81. The van der Waals surface area contributed by atoms with Gasteiger partial charge in [-0.25, -0.2) is 0 Å². The molecule has 0 saturated carbocycles. The number of rotatable bonds is 5. The quantitative estimate of drug-likeness (QED) is 0.841. The maximum Gasteiger partial charge on any atom is 0.234 e. The third-order valence-corrected chi connectivity index (χ3v) is 4.28. The topological polar surface area (TPSA) is 59.8 Å². The van der Waals surface area contributed by atoms with Gasteiger partial charge in [0.05, 0.1) is 16.5 Å². The summed E-state index contributed by atoms with van der Waals surface area (Å²) in [4.78, 5) is 12.0. The highest BCUT2D eigenvalue weighted by Gasteiger charge is 2.11. The SMILES string of the molecule is CCn1c(C)nnc1SCC(=O)Nc1cc(Cl)ccc1Cl. The molecule has 1 aromatic carbocycles. The number of benzene rings is 1. The second-order valence-electron chi connectivity index (χ2n) is 4.24. The zero-order chi connectivity index (χ0) is 15.4. The molecule has 21 heavy (non-hydrogen) atoms. The first-order valence-electron chi connectivity index (χ1n) is 6.28. The fraction of sp³-hybridized carbons (Fsp3) is 0.308. The minimum Gasteiger partial charge on any atom is -0.324 e. The summed E-state index contributed by atoms with van der Waals surface area (Å²) in [7, 11) is 0. The fourth-order valence-electron chi connectivity index (χ4n) is 1.74. The largest absolute Gasteiger partial charge is 0.324 e. The second kappa shape index (κ2) is 7.15. The summed E-state index contributed by atoms with van der Waals surface area (Å²) in [6, 6.07) is 4.93.